The fourth-order valence-corrected chi connectivity index (χ4v) is 3.02. The molecule has 2 atom stereocenters. The Hall–Kier alpha value is -0.890. The second-order valence-corrected chi connectivity index (χ2v) is 5.77. The number of nitrogens with one attached hydrogen (secondary N) is 1. The number of hydrogen-bond donors (Lipinski definition) is 1. The van der Waals surface area contributed by atoms with Crippen molar-refractivity contribution in [2.75, 3.05) is 6.54 Å². The lowest BCUT2D eigenvalue weighted by molar-refractivity contribution is 0.289. The average Bonchev–Trinajstić information content (AvgIpc) is 2.36. The molecular formula is C16H24FN. The predicted octanol–water partition coefficient (Wildman–Crippen LogP) is 4.10. The van der Waals surface area contributed by atoms with Gasteiger partial charge in [-0.2, -0.15) is 0 Å². The maximum absolute atomic E-state index is 13.3. The Balaban J connectivity index is 2.07. The lowest BCUT2D eigenvalue weighted by atomic mass is 9.75. The Morgan fingerprint density at radius 3 is 2.78 bits per heavy atom. The highest BCUT2D eigenvalue weighted by atomic mass is 19.1. The Morgan fingerprint density at radius 1 is 1.28 bits per heavy atom. The summed E-state index contributed by atoms with van der Waals surface area (Å²) in [6.07, 6.45) is 5.06. The minimum Gasteiger partial charge on any atom is -0.314 e. The molecule has 1 aliphatic rings. The fourth-order valence-electron chi connectivity index (χ4n) is 3.02. The molecule has 100 valence electrons. The molecule has 1 aliphatic carbocycles. The SMILES string of the molecule is CC(C)NCC1CCCCC1c1cccc(F)c1. The zero-order valence-electron chi connectivity index (χ0n) is 11.5. The van der Waals surface area contributed by atoms with E-state index in [4.69, 9.17) is 0 Å². The third kappa shape index (κ3) is 3.55. The van der Waals surface area contributed by atoms with Crippen LogP contribution in [-0.2, 0) is 0 Å². The first-order valence-corrected chi connectivity index (χ1v) is 7.15. The van der Waals surface area contributed by atoms with Crippen molar-refractivity contribution in [3.05, 3.63) is 35.6 Å². The van der Waals surface area contributed by atoms with E-state index in [2.05, 4.69) is 25.2 Å². The Labute approximate surface area is 110 Å². The summed E-state index contributed by atoms with van der Waals surface area (Å²) in [5.41, 5.74) is 1.19. The van der Waals surface area contributed by atoms with E-state index in [9.17, 15) is 4.39 Å². The highest BCUT2D eigenvalue weighted by Gasteiger charge is 2.26. The first kappa shape index (κ1) is 13.5. The van der Waals surface area contributed by atoms with Gasteiger partial charge in [0.2, 0.25) is 0 Å². The van der Waals surface area contributed by atoms with Crippen molar-refractivity contribution in [3.8, 4) is 0 Å². The third-order valence-corrected chi connectivity index (χ3v) is 3.97. The molecule has 1 nitrogen and oxygen atoms in total. The molecule has 0 amide bonds. The maximum atomic E-state index is 13.3. The molecule has 0 heterocycles. The smallest absolute Gasteiger partial charge is 0.123 e. The minimum absolute atomic E-state index is 0.103. The van der Waals surface area contributed by atoms with Crippen LogP contribution < -0.4 is 5.32 Å². The van der Waals surface area contributed by atoms with Crippen molar-refractivity contribution >= 4 is 0 Å². The van der Waals surface area contributed by atoms with Crippen LogP contribution >= 0.6 is 0 Å². The first-order chi connectivity index (χ1) is 8.66. The predicted molar refractivity (Wildman–Crippen MR) is 74.2 cm³/mol. The molecule has 1 fully saturated rings. The van der Waals surface area contributed by atoms with Crippen LogP contribution in [0, 0.1) is 11.7 Å². The molecule has 1 aromatic rings. The number of hydrogen-bond acceptors (Lipinski definition) is 1. The van der Waals surface area contributed by atoms with Gasteiger partial charge in [-0.3, -0.25) is 0 Å². The van der Waals surface area contributed by atoms with Gasteiger partial charge in [0.05, 0.1) is 0 Å². The lowest BCUT2D eigenvalue weighted by Gasteiger charge is -2.32. The summed E-state index contributed by atoms with van der Waals surface area (Å²) >= 11 is 0. The molecule has 1 N–H and O–H groups in total. The van der Waals surface area contributed by atoms with E-state index in [0.717, 1.165) is 6.54 Å². The summed E-state index contributed by atoms with van der Waals surface area (Å²) < 4.78 is 13.3. The van der Waals surface area contributed by atoms with Gasteiger partial charge in [0.15, 0.2) is 0 Å². The fraction of sp³-hybridized carbons (Fsp3) is 0.625. The standard InChI is InChI=1S/C16H24FN/c1-12(2)18-11-14-6-3-4-9-16(14)13-7-5-8-15(17)10-13/h5,7-8,10,12,14,16,18H,3-4,6,9,11H2,1-2H3. The Morgan fingerprint density at radius 2 is 2.06 bits per heavy atom. The van der Waals surface area contributed by atoms with Gasteiger partial charge in [-0.15, -0.1) is 0 Å². The minimum atomic E-state index is -0.103. The van der Waals surface area contributed by atoms with Crippen molar-refractivity contribution in [1.29, 1.82) is 0 Å². The summed E-state index contributed by atoms with van der Waals surface area (Å²) in [7, 11) is 0. The third-order valence-electron chi connectivity index (χ3n) is 3.97. The van der Waals surface area contributed by atoms with Gasteiger partial charge in [0.1, 0.15) is 5.82 Å². The largest absolute Gasteiger partial charge is 0.314 e. The molecule has 0 bridgehead atoms. The summed E-state index contributed by atoms with van der Waals surface area (Å²) in [4.78, 5) is 0. The van der Waals surface area contributed by atoms with Crippen LogP contribution in [-0.4, -0.2) is 12.6 Å². The molecule has 1 aromatic carbocycles. The van der Waals surface area contributed by atoms with Crippen LogP contribution in [0.3, 0.4) is 0 Å². The normalized spacial score (nSPS) is 24.4. The molecule has 2 rings (SSSR count). The zero-order chi connectivity index (χ0) is 13.0. The lowest BCUT2D eigenvalue weighted by Crippen LogP contribution is -2.33. The van der Waals surface area contributed by atoms with Crippen LogP contribution in [0.2, 0.25) is 0 Å². The van der Waals surface area contributed by atoms with Crippen molar-refractivity contribution in [1.82, 2.24) is 5.32 Å². The van der Waals surface area contributed by atoms with Gasteiger partial charge >= 0.3 is 0 Å². The van der Waals surface area contributed by atoms with Gasteiger partial charge in [0.25, 0.3) is 0 Å². The quantitative estimate of drug-likeness (QED) is 0.847. The molecular weight excluding hydrogens is 225 g/mol. The van der Waals surface area contributed by atoms with Gasteiger partial charge in [-0.25, -0.2) is 4.39 Å². The monoisotopic (exact) mass is 249 g/mol. The van der Waals surface area contributed by atoms with Crippen LogP contribution in [0.4, 0.5) is 4.39 Å². The van der Waals surface area contributed by atoms with E-state index < -0.39 is 0 Å². The highest BCUT2D eigenvalue weighted by Crippen LogP contribution is 2.37. The molecule has 0 saturated heterocycles. The second kappa shape index (κ2) is 6.33. The molecule has 0 aromatic heterocycles. The molecule has 0 aliphatic heterocycles. The zero-order valence-corrected chi connectivity index (χ0v) is 11.5. The maximum Gasteiger partial charge on any atom is 0.123 e. The van der Waals surface area contributed by atoms with Crippen LogP contribution in [0.1, 0.15) is 51.0 Å². The molecule has 0 spiro atoms. The van der Waals surface area contributed by atoms with E-state index in [0.29, 0.717) is 17.9 Å². The van der Waals surface area contributed by atoms with Crippen molar-refractivity contribution in [2.24, 2.45) is 5.92 Å². The second-order valence-electron chi connectivity index (χ2n) is 5.77. The molecule has 2 heteroatoms. The summed E-state index contributed by atoms with van der Waals surface area (Å²) in [5, 5.41) is 3.54. The van der Waals surface area contributed by atoms with E-state index in [1.807, 2.05) is 6.07 Å². The van der Waals surface area contributed by atoms with Crippen molar-refractivity contribution < 1.29 is 4.39 Å². The number of rotatable bonds is 4. The highest BCUT2D eigenvalue weighted by molar-refractivity contribution is 5.22. The van der Waals surface area contributed by atoms with Gasteiger partial charge in [-0.05, 0) is 48.9 Å². The molecule has 0 radical (unpaired) electrons. The Bertz CT molecular complexity index is 375. The summed E-state index contributed by atoms with van der Waals surface area (Å²) in [5.74, 6) is 1.08. The molecule has 1 saturated carbocycles. The first-order valence-electron chi connectivity index (χ1n) is 7.15. The number of benzene rings is 1. The van der Waals surface area contributed by atoms with Gasteiger partial charge in [-0.1, -0.05) is 38.8 Å². The Kier molecular flexibility index (Phi) is 4.76. The van der Waals surface area contributed by atoms with Crippen molar-refractivity contribution in [3.63, 3.8) is 0 Å². The van der Waals surface area contributed by atoms with Crippen LogP contribution in [0.25, 0.3) is 0 Å². The van der Waals surface area contributed by atoms with Crippen LogP contribution in [0.5, 0.6) is 0 Å². The van der Waals surface area contributed by atoms with Gasteiger partial charge < -0.3 is 5.32 Å². The summed E-state index contributed by atoms with van der Waals surface area (Å²) in [6, 6.07) is 7.71. The number of halogens is 1. The van der Waals surface area contributed by atoms with E-state index in [1.165, 1.54) is 37.3 Å². The topological polar surface area (TPSA) is 12.0 Å². The van der Waals surface area contributed by atoms with Gasteiger partial charge in [0, 0.05) is 6.04 Å². The van der Waals surface area contributed by atoms with Crippen molar-refractivity contribution in [2.45, 2.75) is 51.5 Å². The molecule has 2 unspecified atom stereocenters. The van der Waals surface area contributed by atoms with E-state index in [-0.39, 0.29) is 5.82 Å². The van der Waals surface area contributed by atoms with E-state index in [1.54, 1.807) is 6.07 Å². The van der Waals surface area contributed by atoms with E-state index >= 15 is 0 Å². The summed E-state index contributed by atoms with van der Waals surface area (Å²) in [6.45, 7) is 5.42. The average molecular weight is 249 g/mol. The van der Waals surface area contributed by atoms with Crippen LogP contribution in [0.15, 0.2) is 24.3 Å². The molecule has 18 heavy (non-hydrogen) atoms.